The largest absolute Gasteiger partial charge is 0.421 e. The molecule has 11 heteroatoms. The van der Waals surface area contributed by atoms with Crippen LogP contribution in [-0.2, 0) is 11.0 Å². The Bertz CT molecular complexity index is 772. The zero-order valence-electron chi connectivity index (χ0n) is 13.8. The lowest BCUT2D eigenvalue weighted by molar-refractivity contribution is -0.137. The smallest absolute Gasteiger partial charge is 0.372 e. The molecule has 0 radical (unpaired) electrons. The van der Waals surface area contributed by atoms with Gasteiger partial charge in [-0.25, -0.2) is 4.98 Å². The Morgan fingerprint density at radius 3 is 2.64 bits per heavy atom. The standard InChI is InChI=1S/C14H18F3N7O/c1-4-10(11(18)25)24-6-9(7(2)23-24)21-13-20-5-8(14(15,16)17)12(19-3)22-13/h5-6,10H,4H2,1-3H3,(H2,18,25)(H2,19,20,21,22). The molecule has 2 rings (SSSR count). The zero-order valence-corrected chi connectivity index (χ0v) is 13.8. The summed E-state index contributed by atoms with van der Waals surface area (Å²) in [7, 11) is 1.34. The second-order valence-corrected chi connectivity index (χ2v) is 5.26. The number of aryl methyl sites for hydroxylation is 1. The fourth-order valence-electron chi connectivity index (χ4n) is 2.24. The first kappa shape index (κ1) is 18.5. The molecular weight excluding hydrogens is 339 g/mol. The number of carbonyl (C=O) groups excluding carboxylic acids is 1. The molecule has 0 aliphatic rings. The van der Waals surface area contributed by atoms with E-state index in [1.165, 1.54) is 17.9 Å². The van der Waals surface area contributed by atoms with Crippen molar-refractivity contribution in [3.8, 4) is 0 Å². The van der Waals surface area contributed by atoms with E-state index in [-0.39, 0.29) is 11.8 Å². The monoisotopic (exact) mass is 357 g/mol. The molecule has 1 unspecified atom stereocenters. The first-order valence-electron chi connectivity index (χ1n) is 7.41. The first-order valence-corrected chi connectivity index (χ1v) is 7.41. The van der Waals surface area contributed by atoms with Gasteiger partial charge in [-0.1, -0.05) is 6.92 Å². The fourth-order valence-corrected chi connectivity index (χ4v) is 2.24. The van der Waals surface area contributed by atoms with Crippen molar-refractivity contribution in [2.75, 3.05) is 17.7 Å². The molecule has 136 valence electrons. The van der Waals surface area contributed by atoms with E-state index in [1.807, 2.05) is 0 Å². The van der Waals surface area contributed by atoms with E-state index in [9.17, 15) is 18.0 Å². The van der Waals surface area contributed by atoms with Gasteiger partial charge >= 0.3 is 6.18 Å². The summed E-state index contributed by atoms with van der Waals surface area (Å²) >= 11 is 0. The van der Waals surface area contributed by atoms with Gasteiger partial charge in [-0.2, -0.15) is 23.3 Å². The molecule has 2 aromatic rings. The van der Waals surface area contributed by atoms with Crippen molar-refractivity contribution >= 4 is 23.4 Å². The molecule has 2 heterocycles. The Balaban J connectivity index is 2.31. The minimum absolute atomic E-state index is 0.0351. The molecule has 1 atom stereocenters. The second-order valence-electron chi connectivity index (χ2n) is 5.26. The highest BCUT2D eigenvalue weighted by Gasteiger charge is 2.35. The summed E-state index contributed by atoms with van der Waals surface area (Å²) in [5.74, 6) is -0.912. The predicted molar refractivity (Wildman–Crippen MR) is 85.3 cm³/mol. The van der Waals surface area contributed by atoms with Crippen LogP contribution < -0.4 is 16.4 Å². The molecule has 0 saturated carbocycles. The highest BCUT2D eigenvalue weighted by molar-refractivity contribution is 5.78. The number of anilines is 3. The lowest BCUT2D eigenvalue weighted by Gasteiger charge is -2.12. The topological polar surface area (TPSA) is 111 Å². The summed E-state index contributed by atoms with van der Waals surface area (Å²) in [4.78, 5) is 18.9. The van der Waals surface area contributed by atoms with E-state index in [1.54, 1.807) is 13.8 Å². The highest BCUT2D eigenvalue weighted by Crippen LogP contribution is 2.34. The van der Waals surface area contributed by atoms with Crippen molar-refractivity contribution in [1.82, 2.24) is 19.7 Å². The summed E-state index contributed by atoms with van der Waals surface area (Å²) in [6, 6.07) is -0.615. The van der Waals surface area contributed by atoms with Gasteiger partial charge in [-0.3, -0.25) is 9.48 Å². The van der Waals surface area contributed by atoms with Gasteiger partial charge in [0.25, 0.3) is 0 Å². The molecular formula is C14H18F3N7O. The number of nitrogens with one attached hydrogen (secondary N) is 2. The summed E-state index contributed by atoms with van der Waals surface area (Å²) in [5.41, 5.74) is 5.34. The number of rotatable bonds is 6. The summed E-state index contributed by atoms with van der Waals surface area (Å²) in [5, 5.41) is 9.40. The molecule has 25 heavy (non-hydrogen) atoms. The minimum Gasteiger partial charge on any atom is -0.372 e. The lowest BCUT2D eigenvalue weighted by Crippen LogP contribution is -2.26. The third-order valence-electron chi connectivity index (χ3n) is 3.53. The van der Waals surface area contributed by atoms with Crippen molar-refractivity contribution in [1.29, 1.82) is 0 Å². The van der Waals surface area contributed by atoms with Crippen molar-refractivity contribution in [2.45, 2.75) is 32.5 Å². The van der Waals surface area contributed by atoms with Gasteiger partial charge in [0.05, 0.1) is 11.4 Å². The summed E-state index contributed by atoms with van der Waals surface area (Å²) in [6.45, 7) is 3.47. The van der Waals surface area contributed by atoms with E-state index in [0.717, 1.165) is 0 Å². The normalized spacial score (nSPS) is 12.7. The molecule has 0 aliphatic heterocycles. The second kappa shape index (κ2) is 6.95. The number of carbonyl (C=O) groups is 1. The minimum atomic E-state index is -4.56. The average molecular weight is 357 g/mol. The number of nitrogens with two attached hydrogens (primary N) is 1. The van der Waals surface area contributed by atoms with Crippen LogP contribution in [0.1, 0.15) is 30.6 Å². The first-order chi connectivity index (χ1) is 11.7. The molecule has 2 aromatic heterocycles. The van der Waals surface area contributed by atoms with Crippen LogP contribution in [0.25, 0.3) is 0 Å². The van der Waals surface area contributed by atoms with Crippen LogP contribution in [0.2, 0.25) is 0 Å². The van der Waals surface area contributed by atoms with E-state index < -0.39 is 23.7 Å². The van der Waals surface area contributed by atoms with Crippen LogP contribution >= 0.6 is 0 Å². The van der Waals surface area contributed by atoms with Crippen LogP contribution in [0.3, 0.4) is 0 Å². The Hall–Kier alpha value is -2.85. The molecule has 0 aliphatic carbocycles. The van der Waals surface area contributed by atoms with E-state index in [2.05, 4.69) is 25.7 Å². The van der Waals surface area contributed by atoms with Gasteiger partial charge in [0.2, 0.25) is 11.9 Å². The number of primary amides is 1. The molecule has 0 spiro atoms. The van der Waals surface area contributed by atoms with Crippen molar-refractivity contribution in [3.63, 3.8) is 0 Å². The van der Waals surface area contributed by atoms with Crippen LogP contribution in [0.4, 0.5) is 30.6 Å². The van der Waals surface area contributed by atoms with Crippen molar-refractivity contribution in [3.05, 3.63) is 23.7 Å². The van der Waals surface area contributed by atoms with Crippen molar-refractivity contribution in [2.24, 2.45) is 5.73 Å². The average Bonchev–Trinajstić information content (AvgIpc) is 2.86. The molecule has 0 saturated heterocycles. The van der Waals surface area contributed by atoms with Gasteiger partial charge in [-0.05, 0) is 13.3 Å². The van der Waals surface area contributed by atoms with E-state index >= 15 is 0 Å². The Morgan fingerprint density at radius 2 is 2.12 bits per heavy atom. The molecule has 0 aromatic carbocycles. The Kier molecular flexibility index (Phi) is 5.14. The fraction of sp³-hybridized carbons (Fsp3) is 0.429. The van der Waals surface area contributed by atoms with Crippen LogP contribution in [0.15, 0.2) is 12.4 Å². The van der Waals surface area contributed by atoms with Gasteiger partial charge in [0.15, 0.2) is 0 Å². The van der Waals surface area contributed by atoms with Gasteiger partial charge in [0.1, 0.15) is 17.4 Å². The molecule has 8 nitrogen and oxygen atoms in total. The SMILES string of the molecule is CCC(C(N)=O)n1cc(Nc2ncc(C(F)(F)F)c(NC)n2)c(C)n1. The molecule has 4 N–H and O–H groups in total. The quantitative estimate of drug-likeness (QED) is 0.731. The van der Waals surface area contributed by atoms with E-state index in [4.69, 9.17) is 5.73 Å². The van der Waals surface area contributed by atoms with E-state index in [0.29, 0.717) is 24.0 Å². The maximum Gasteiger partial charge on any atom is 0.421 e. The Labute approximate surface area is 141 Å². The third-order valence-corrected chi connectivity index (χ3v) is 3.53. The van der Waals surface area contributed by atoms with Crippen molar-refractivity contribution < 1.29 is 18.0 Å². The highest BCUT2D eigenvalue weighted by atomic mass is 19.4. The van der Waals surface area contributed by atoms with Crippen LogP contribution in [-0.4, -0.2) is 32.7 Å². The predicted octanol–water partition coefficient (Wildman–Crippen LogP) is 2.22. The molecule has 1 amide bonds. The number of amides is 1. The van der Waals surface area contributed by atoms with Gasteiger partial charge in [-0.15, -0.1) is 0 Å². The lowest BCUT2D eigenvalue weighted by atomic mass is 10.2. The summed E-state index contributed by atoms with van der Waals surface area (Å²) in [6.07, 6.45) is -1.88. The van der Waals surface area contributed by atoms with Gasteiger partial charge < -0.3 is 16.4 Å². The number of halogens is 3. The van der Waals surface area contributed by atoms with Crippen LogP contribution in [0.5, 0.6) is 0 Å². The maximum atomic E-state index is 12.9. The van der Waals surface area contributed by atoms with Crippen LogP contribution in [0, 0.1) is 6.92 Å². The zero-order chi connectivity index (χ0) is 18.8. The number of alkyl halides is 3. The summed E-state index contributed by atoms with van der Waals surface area (Å²) < 4.78 is 40.0. The number of hydrogen-bond donors (Lipinski definition) is 3. The number of aromatic nitrogens is 4. The number of hydrogen-bond acceptors (Lipinski definition) is 6. The molecule has 0 bridgehead atoms. The third kappa shape index (κ3) is 3.98. The maximum absolute atomic E-state index is 12.9. The Morgan fingerprint density at radius 1 is 1.44 bits per heavy atom. The van der Waals surface area contributed by atoms with Gasteiger partial charge in [0, 0.05) is 19.4 Å². The number of nitrogens with zero attached hydrogens (tertiary/aromatic N) is 4. The molecule has 0 fully saturated rings.